The monoisotopic (exact) mass is 114 g/mol. The van der Waals surface area contributed by atoms with Gasteiger partial charge in [-0.1, -0.05) is 6.58 Å². The first kappa shape index (κ1) is 7.50. The number of rotatable bonds is 3. The molecule has 0 bridgehead atoms. The van der Waals surface area contributed by atoms with Crippen molar-refractivity contribution in [3.8, 4) is 0 Å². The van der Waals surface area contributed by atoms with Crippen molar-refractivity contribution in [3.63, 3.8) is 0 Å². The molecule has 2 nitrogen and oxygen atoms in total. The van der Waals surface area contributed by atoms with Gasteiger partial charge in [-0.3, -0.25) is 0 Å². The van der Waals surface area contributed by atoms with Crippen molar-refractivity contribution in [1.29, 1.82) is 0 Å². The Balaban J connectivity index is 3.44. The van der Waals surface area contributed by atoms with Crippen molar-refractivity contribution in [3.05, 3.63) is 12.8 Å². The van der Waals surface area contributed by atoms with Crippen molar-refractivity contribution < 1.29 is 0 Å². The Morgan fingerprint density at radius 3 is 2.38 bits per heavy atom. The Bertz CT molecular complexity index is 70.9. The maximum Gasteiger partial charge on any atom is 0.0755 e. The second-order valence-corrected chi connectivity index (χ2v) is 1.81. The smallest absolute Gasteiger partial charge is 0.0755 e. The summed E-state index contributed by atoms with van der Waals surface area (Å²) < 4.78 is 0. The third-order valence-corrected chi connectivity index (χ3v) is 1.32. The van der Waals surface area contributed by atoms with Crippen molar-refractivity contribution in [2.45, 2.75) is 13.1 Å². The number of hydrogen-bond acceptors (Lipinski definition) is 2. The van der Waals surface area contributed by atoms with E-state index in [1.807, 2.05) is 19.0 Å². The average molecular weight is 114 g/mol. The summed E-state index contributed by atoms with van der Waals surface area (Å²) in [4.78, 5) is 2.00. The van der Waals surface area contributed by atoms with E-state index in [1.54, 1.807) is 6.20 Å². The van der Waals surface area contributed by atoms with Gasteiger partial charge >= 0.3 is 0 Å². The first-order valence-corrected chi connectivity index (χ1v) is 2.74. The SMILES string of the molecule is C=CN(C)C(C)NC. The van der Waals surface area contributed by atoms with Gasteiger partial charge in [0.05, 0.1) is 6.17 Å². The highest BCUT2D eigenvalue weighted by atomic mass is 15.2. The van der Waals surface area contributed by atoms with Crippen LogP contribution in [-0.2, 0) is 0 Å². The van der Waals surface area contributed by atoms with Crippen molar-refractivity contribution >= 4 is 0 Å². The van der Waals surface area contributed by atoms with E-state index in [4.69, 9.17) is 0 Å². The molecule has 0 rings (SSSR count). The summed E-state index contributed by atoms with van der Waals surface area (Å²) in [6.07, 6.45) is 2.17. The average Bonchev–Trinajstić information content (AvgIpc) is 1.84. The third kappa shape index (κ3) is 1.98. The van der Waals surface area contributed by atoms with Crippen LogP contribution in [0.5, 0.6) is 0 Å². The van der Waals surface area contributed by atoms with Gasteiger partial charge in [-0.15, -0.1) is 0 Å². The van der Waals surface area contributed by atoms with Gasteiger partial charge in [0.15, 0.2) is 0 Å². The normalized spacial score (nSPS) is 12.9. The summed E-state index contributed by atoms with van der Waals surface area (Å²) in [5, 5.41) is 3.07. The summed E-state index contributed by atoms with van der Waals surface area (Å²) in [6.45, 7) is 5.69. The molecule has 0 fully saturated rings. The lowest BCUT2D eigenvalue weighted by molar-refractivity contribution is 0.315. The molecular formula is C6H14N2. The van der Waals surface area contributed by atoms with Gasteiger partial charge in [0, 0.05) is 7.05 Å². The van der Waals surface area contributed by atoms with Crippen LogP contribution in [0.2, 0.25) is 0 Å². The lowest BCUT2D eigenvalue weighted by Gasteiger charge is -2.21. The number of nitrogens with one attached hydrogen (secondary N) is 1. The fourth-order valence-electron chi connectivity index (χ4n) is 0.362. The minimum absolute atomic E-state index is 0.382. The summed E-state index contributed by atoms with van der Waals surface area (Å²) in [5.74, 6) is 0. The van der Waals surface area contributed by atoms with Crippen molar-refractivity contribution in [2.75, 3.05) is 14.1 Å². The number of nitrogens with zero attached hydrogens (tertiary/aromatic N) is 1. The van der Waals surface area contributed by atoms with Crippen molar-refractivity contribution in [2.24, 2.45) is 0 Å². The van der Waals surface area contributed by atoms with Gasteiger partial charge in [0.2, 0.25) is 0 Å². The van der Waals surface area contributed by atoms with E-state index in [1.165, 1.54) is 0 Å². The minimum Gasteiger partial charge on any atom is -0.366 e. The first-order valence-electron chi connectivity index (χ1n) is 2.74. The Morgan fingerprint density at radius 2 is 2.25 bits per heavy atom. The van der Waals surface area contributed by atoms with Crippen LogP contribution in [0.25, 0.3) is 0 Å². The zero-order valence-electron chi connectivity index (χ0n) is 5.81. The highest BCUT2D eigenvalue weighted by Crippen LogP contribution is 1.87. The molecule has 0 aliphatic carbocycles. The van der Waals surface area contributed by atoms with Gasteiger partial charge in [-0.05, 0) is 20.2 Å². The van der Waals surface area contributed by atoms with Crippen LogP contribution in [0.3, 0.4) is 0 Å². The predicted octanol–water partition coefficient (Wildman–Crippen LogP) is 0.627. The molecule has 8 heavy (non-hydrogen) atoms. The van der Waals surface area contributed by atoms with Crippen LogP contribution in [0.1, 0.15) is 6.92 Å². The molecule has 1 atom stereocenters. The molecule has 2 heteroatoms. The summed E-state index contributed by atoms with van der Waals surface area (Å²) in [5.41, 5.74) is 0. The molecule has 0 amide bonds. The molecular weight excluding hydrogens is 100 g/mol. The van der Waals surface area contributed by atoms with Crippen LogP contribution in [-0.4, -0.2) is 25.2 Å². The standard InChI is InChI=1S/C6H14N2/c1-5-8(4)6(2)7-3/h5-7H,1H2,2-4H3. The topological polar surface area (TPSA) is 15.3 Å². The quantitative estimate of drug-likeness (QED) is 0.541. The van der Waals surface area contributed by atoms with Crippen LogP contribution in [0.15, 0.2) is 12.8 Å². The van der Waals surface area contributed by atoms with E-state index in [0.29, 0.717) is 6.17 Å². The summed E-state index contributed by atoms with van der Waals surface area (Å²) in [7, 11) is 3.90. The summed E-state index contributed by atoms with van der Waals surface area (Å²) in [6, 6.07) is 0. The zero-order chi connectivity index (χ0) is 6.57. The zero-order valence-corrected chi connectivity index (χ0v) is 5.81. The second kappa shape index (κ2) is 3.50. The van der Waals surface area contributed by atoms with Crippen LogP contribution in [0, 0.1) is 0 Å². The minimum atomic E-state index is 0.382. The van der Waals surface area contributed by atoms with Crippen LogP contribution < -0.4 is 5.32 Å². The first-order chi connectivity index (χ1) is 3.72. The molecule has 0 aromatic rings. The van der Waals surface area contributed by atoms with Gasteiger partial charge < -0.3 is 10.2 Å². The fourth-order valence-corrected chi connectivity index (χ4v) is 0.362. The van der Waals surface area contributed by atoms with E-state index in [-0.39, 0.29) is 0 Å². The molecule has 0 saturated carbocycles. The molecule has 0 heterocycles. The Labute approximate surface area is 51.2 Å². The second-order valence-electron chi connectivity index (χ2n) is 1.81. The van der Waals surface area contributed by atoms with Crippen molar-refractivity contribution in [1.82, 2.24) is 10.2 Å². The molecule has 0 aliphatic rings. The Kier molecular flexibility index (Phi) is 3.28. The van der Waals surface area contributed by atoms with Gasteiger partial charge in [-0.25, -0.2) is 0 Å². The molecule has 0 aromatic carbocycles. The highest BCUT2D eigenvalue weighted by molar-refractivity contribution is 4.69. The molecule has 48 valence electrons. The maximum absolute atomic E-state index is 3.62. The van der Waals surface area contributed by atoms with E-state index in [9.17, 15) is 0 Å². The van der Waals surface area contributed by atoms with Crippen LogP contribution in [0.4, 0.5) is 0 Å². The lowest BCUT2D eigenvalue weighted by Crippen LogP contribution is -2.35. The van der Waals surface area contributed by atoms with Gasteiger partial charge in [-0.2, -0.15) is 0 Å². The van der Waals surface area contributed by atoms with E-state index in [0.717, 1.165) is 0 Å². The molecule has 0 radical (unpaired) electrons. The highest BCUT2D eigenvalue weighted by Gasteiger charge is 1.96. The molecule has 0 spiro atoms. The molecule has 1 unspecified atom stereocenters. The maximum atomic E-state index is 3.62. The Morgan fingerprint density at radius 1 is 1.75 bits per heavy atom. The molecule has 0 aromatic heterocycles. The Hall–Kier alpha value is -0.500. The molecule has 1 N–H and O–H groups in total. The predicted molar refractivity (Wildman–Crippen MR) is 36.5 cm³/mol. The molecule has 0 saturated heterocycles. The van der Waals surface area contributed by atoms with E-state index in [2.05, 4.69) is 18.8 Å². The van der Waals surface area contributed by atoms with Gasteiger partial charge in [0.25, 0.3) is 0 Å². The third-order valence-electron chi connectivity index (χ3n) is 1.32. The summed E-state index contributed by atoms with van der Waals surface area (Å²) >= 11 is 0. The molecule has 0 aliphatic heterocycles. The lowest BCUT2D eigenvalue weighted by atomic mass is 10.5. The van der Waals surface area contributed by atoms with Gasteiger partial charge in [0.1, 0.15) is 0 Å². The van der Waals surface area contributed by atoms with Crippen LogP contribution >= 0.6 is 0 Å². The fraction of sp³-hybridized carbons (Fsp3) is 0.667. The number of hydrogen-bond donors (Lipinski definition) is 1. The van der Waals surface area contributed by atoms with E-state index < -0.39 is 0 Å². The largest absolute Gasteiger partial charge is 0.366 e. The van der Waals surface area contributed by atoms with E-state index >= 15 is 0 Å².